The number of carbonyl (C=O) groups is 4. The first kappa shape index (κ1) is 36.6. The molecule has 0 aliphatic heterocycles. The number of aliphatic hydroxyl groups is 1. The predicted molar refractivity (Wildman–Crippen MR) is 184 cm³/mol. The minimum absolute atomic E-state index is 0.00456. The van der Waals surface area contributed by atoms with E-state index >= 15 is 0 Å². The van der Waals surface area contributed by atoms with Crippen LogP contribution in [-0.4, -0.2) is 69.8 Å². The van der Waals surface area contributed by atoms with Crippen LogP contribution in [0.2, 0.25) is 0 Å². The molecule has 0 aliphatic carbocycles. The van der Waals surface area contributed by atoms with E-state index in [-0.39, 0.29) is 38.4 Å². The van der Waals surface area contributed by atoms with Gasteiger partial charge in [-0.15, -0.1) is 0 Å². The SMILES string of the molecule is CCOC(=O)C[C@H](O)[C@@H](NC(=O)C(Cc1c[nH]cn1)NC(=O)[C@H](Cc1cccc2ccccc12)NC(=O)OCc1ccccc1)C(C)CC. The van der Waals surface area contributed by atoms with E-state index in [1.54, 1.807) is 13.1 Å². The van der Waals surface area contributed by atoms with Gasteiger partial charge < -0.3 is 35.5 Å². The largest absolute Gasteiger partial charge is 0.466 e. The number of rotatable bonds is 17. The number of nitrogens with one attached hydrogen (secondary N) is 4. The van der Waals surface area contributed by atoms with Gasteiger partial charge in [-0.2, -0.15) is 0 Å². The standard InChI is InChI=1S/C37H45N5O7/c1-4-24(3)34(32(43)20-33(44)48-5-2)42-36(46)31(19-28-21-38-23-39-28)40-35(45)30(41-37(47)49-22-25-12-7-6-8-13-25)18-27-16-11-15-26-14-9-10-17-29(26)27/h6-17,21,23-24,30-32,34,43H,4-5,18-20,22H2,1-3H3,(H,38,39)(H,40,45)(H,41,47)(H,42,46)/t24?,30-,31?,32-,34-/m0/s1. The van der Waals surface area contributed by atoms with E-state index in [2.05, 4.69) is 25.9 Å². The van der Waals surface area contributed by atoms with Crippen LogP contribution >= 0.6 is 0 Å². The highest BCUT2D eigenvalue weighted by atomic mass is 16.5. The van der Waals surface area contributed by atoms with Crippen molar-refractivity contribution < 1.29 is 33.8 Å². The lowest BCUT2D eigenvalue weighted by Crippen LogP contribution is -2.58. The number of fused-ring (bicyclic) bond motifs is 1. The number of imidazole rings is 1. The first-order valence-corrected chi connectivity index (χ1v) is 16.5. The lowest BCUT2D eigenvalue weighted by Gasteiger charge is -2.31. The number of esters is 1. The highest BCUT2D eigenvalue weighted by Gasteiger charge is 2.33. The first-order chi connectivity index (χ1) is 23.7. The number of ether oxygens (including phenoxy) is 2. The zero-order chi connectivity index (χ0) is 35.2. The van der Waals surface area contributed by atoms with Gasteiger partial charge >= 0.3 is 12.1 Å². The van der Waals surface area contributed by atoms with Crippen LogP contribution in [0.15, 0.2) is 85.3 Å². The van der Waals surface area contributed by atoms with Crippen LogP contribution in [-0.2, 0) is 43.3 Å². The van der Waals surface area contributed by atoms with Crippen molar-refractivity contribution in [3.8, 4) is 0 Å². The summed E-state index contributed by atoms with van der Waals surface area (Å²) in [6.45, 7) is 5.60. The van der Waals surface area contributed by atoms with Crippen molar-refractivity contribution in [1.82, 2.24) is 25.9 Å². The zero-order valence-corrected chi connectivity index (χ0v) is 28.1. The van der Waals surface area contributed by atoms with Gasteiger partial charge in [0.15, 0.2) is 0 Å². The molecule has 0 saturated heterocycles. The Bertz CT molecular complexity index is 1660. The van der Waals surface area contributed by atoms with Crippen LogP contribution in [0.1, 0.15) is 50.4 Å². The number of benzene rings is 3. The molecular weight excluding hydrogens is 626 g/mol. The molecule has 0 spiro atoms. The molecule has 0 radical (unpaired) electrons. The zero-order valence-electron chi connectivity index (χ0n) is 28.1. The number of aromatic nitrogens is 2. The molecule has 0 saturated carbocycles. The Kier molecular flexibility index (Phi) is 13.7. The summed E-state index contributed by atoms with van der Waals surface area (Å²) in [4.78, 5) is 60.2. The lowest BCUT2D eigenvalue weighted by molar-refractivity contribution is -0.146. The highest BCUT2D eigenvalue weighted by Crippen LogP contribution is 2.20. The van der Waals surface area contributed by atoms with Crippen LogP contribution in [0, 0.1) is 5.92 Å². The summed E-state index contributed by atoms with van der Waals surface area (Å²) in [6.07, 6.45) is 1.48. The second-order valence-corrected chi connectivity index (χ2v) is 11.9. The number of nitrogens with zero attached hydrogens (tertiary/aromatic N) is 1. The Hall–Kier alpha value is -5.23. The molecular formula is C37H45N5O7. The molecule has 3 amide bonds. The highest BCUT2D eigenvalue weighted by molar-refractivity contribution is 5.93. The molecule has 5 atom stereocenters. The third kappa shape index (κ3) is 10.9. The molecule has 4 rings (SSSR count). The third-order valence-corrected chi connectivity index (χ3v) is 8.39. The average Bonchev–Trinajstić information content (AvgIpc) is 3.62. The van der Waals surface area contributed by atoms with Crippen LogP contribution in [0.4, 0.5) is 4.79 Å². The topological polar surface area (TPSA) is 172 Å². The second kappa shape index (κ2) is 18.3. The molecule has 3 aromatic carbocycles. The quantitative estimate of drug-likeness (QED) is 0.105. The first-order valence-electron chi connectivity index (χ1n) is 16.5. The molecule has 0 aliphatic rings. The maximum Gasteiger partial charge on any atom is 0.408 e. The van der Waals surface area contributed by atoms with E-state index in [9.17, 15) is 24.3 Å². The van der Waals surface area contributed by atoms with Gasteiger partial charge in [0.25, 0.3) is 0 Å². The van der Waals surface area contributed by atoms with Crippen LogP contribution in [0.25, 0.3) is 10.8 Å². The van der Waals surface area contributed by atoms with Gasteiger partial charge in [-0.1, -0.05) is 93.1 Å². The van der Waals surface area contributed by atoms with Gasteiger partial charge in [-0.3, -0.25) is 14.4 Å². The Balaban J connectivity index is 1.58. The Morgan fingerprint density at radius 1 is 0.837 bits per heavy atom. The summed E-state index contributed by atoms with van der Waals surface area (Å²) in [5.41, 5.74) is 2.10. The maximum absolute atomic E-state index is 14.1. The van der Waals surface area contributed by atoms with Crippen molar-refractivity contribution in [1.29, 1.82) is 0 Å². The molecule has 0 fully saturated rings. The molecule has 1 aromatic heterocycles. The predicted octanol–water partition coefficient (Wildman–Crippen LogP) is 3.97. The number of aromatic amines is 1. The molecule has 5 N–H and O–H groups in total. The summed E-state index contributed by atoms with van der Waals surface area (Å²) < 4.78 is 10.5. The smallest absolute Gasteiger partial charge is 0.408 e. The van der Waals surface area contributed by atoms with Gasteiger partial charge in [0.05, 0.1) is 37.2 Å². The number of amides is 3. The number of alkyl carbamates (subject to hydrolysis) is 1. The molecule has 1 heterocycles. The normalized spacial score (nSPS) is 14.1. The monoisotopic (exact) mass is 671 g/mol. The minimum Gasteiger partial charge on any atom is -0.466 e. The fraction of sp³-hybridized carbons (Fsp3) is 0.378. The maximum atomic E-state index is 14.1. The van der Waals surface area contributed by atoms with E-state index in [1.807, 2.05) is 86.6 Å². The summed E-state index contributed by atoms with van der Waals surface area (Å²) in [6, 6.07) is 19.5. The summed E-state index contributed by atoms with van der Waals surface area (Å²) in [5, 5.41) is 21.2. The van der Waals surface area contributed by atoms with Crippen LogP contribution in [0.3, 0.4) is 0 Å². The van der Waals surface area contributed by atoms with Gasteiger partial charge in [-0.25, -0.2) is 9.78 Å². The fourth-order valence-corrected chi connectivity index (χ4v) is 5.55. The van der Waals surface area contributed by atoms with Crippen molar-refractivity contribution in [2.45, 2.75) is 77.3 Å². The molecule has 12 nitrogen and oxygen atoms in total. The van der Waals surface area contributed by atoms with Crippen molar-refractivity contribution in [2.24, 2.45) is 5.92 Å². The lowest BCUT2D eigenvalue weighted by atomic mass is 9.92. The average molecular weight is 672 g/mol. The Morgan fingerprint density at radius 2 is 1.53 bits per heavy atom. The number of carbonyl (C=O) groups excluding carboxylic acids is 4. The number of aliphatic hydroxyl groups excluding tert-OH is 1. The Labute approximate surface area is 286 Å². The Morgan fingerprint density at radius 3 is 2.24 bits per heavy atom. The fourth-order valence-electron chi connectivity index (χ4n) is 5.55. The van der Waals surface area contributed by atoms with Crippen LogP contribution in [0.5, 0.6) is 0 Å². The van der Waals surface area contributed by atoms with E-state index in [0.29, 0.717) is 12.1 Å². The molecule has 0 bridgehead atoms. The van der Waals surface area contributed by atoms with Gasteiger partial charge in [-0.05, 0) is 34.7 Å². The van der Waals surface area contributed by atoms with Crippen molar-refractivity contribution in [3.63, 3.8) is 0 Å². The minimum atomic E-state index is -1.22. The van der Waals surface area contributed by atoms with Gasteiger partial charge in [0, 0.05) is 19.0 Å². The van der Waals surface area contributed by atoms with Crippen molar-refractivity contribution >= 4 is 34.6 Å². The van der Waals surface area contributed by atoms with E-state index in [0.717, 1.165) is 21.9 Å². The van der Waals surface area contributed by atoms with Crippen molar-refractivity contribution in [2.75, 3.05) is 6.61 Å². The van der Waals surface area contributed by atoms with E-state index in [1.165, 1.54) is 6.33 Å². The summed E-state index contributed by atoms with van der Waals surface area (Å²) in [5.74, 6) is -2.00. The van der Waals surface area contributed by atoms with E-state index < -0.39 is 48.1 Å². The van der Waals surface area contributed by atoms with Gasteiger partial charge in [0.1, 0.15) is 18.7 Å². The van der Waals surface area contributed by atoms with E-state index in [4.69, 9.17) is 9.47 Å². The summed E-state index contributed by atoms with van der Waals surface area (Å²) in [7, 11) is 0. The molecule has 4 aromatic rings. The number of H-pyrrole nitrogens is 1. The number of hydrogen-bond donors (Lipinski definition) is 5. The third-order valence-electron chi connectivity index (χ3n) is 8.39. The number of hydrogen-bond acceptors (Lipinski definition) is 8. The van der Waals surface area contributed by atoms with Crippen LogP contribution < -0.4 is 16.0 Å². The second-order valence-electron chi connectivity index (χ2n) is 11.9. The van der Waals surface area contributed by atoms with Gasteiger partial charge in [0.2, 0.25) is 11.8 Å². The van der Waals surface area contributed by atoms with Crippen molar-refractivity contribution in [3.05, 3.63) is 102 Å². The molecule has 12 heteroatoms. The molecule has 49 heavy (non-hydrogen) atoms. The molecule has 2 unspecified atom stereocenters. The summed E-state index contributed by atoms with van der Waals surface area (Å²) >= 11 is 0. The molecule has 260 valence electrons.